The molecule has 1 aromatic heterocycles. The molecule has 100 valence electrons. The molecule has 1 heterocycles. The summed E-state index contributed by atoms with van der Waals surface area (Å²) in [4.78, 5) is 11.7. The van der Waals surface area contributed by atoms with E-state index < -0.39 is 0 Å². The summed E-state index contributed by atoms with van der Waals surface area (Å²) in [7, 11) is 1.89. The van der Waals surface area contributed by atoms with Crippen LogP contribution in [-0.4, -0.2) is 18.2 Å². The first-order chi connectivity index (χ1) is 9.19. The fraction of sp³-hybridized carbons (Fsp3) is 0.231. The number of urea groups is 1. The van der Waals surface area contributed by atoms with Crippen LogP contribution < -0.4 is 16.0 Å². The van der Waals surface area contributed by atoms with Crippen molar-refractivity contribution in [1.82, 2.24) is 10.5 Å². The van der Waals surface area contributed by atoms with Gasteiger partial charge in [0.15, 0.2) is 5.82 Å². The molecule has 6 heteroatoms. The number of nitrogens with zero attached hydrogens (tertiary/aromatic N) is 1. The van der Waals surface area contributed by atoms with Crippen LogP contribution >= 0.6 is 0 Å². The highest BCUT2D eigenvalue weighted by molar-refractivity contribution is 5.99. The summed E-state index contributed by atoms with van der Waals surface area (Å²) < 4.78 is 4.63. The van der Waals surface area contributed by atoms with Crippen LogP contribution in [0.25, 0.3) is 0 Å². The highest BCUT2D eigenvalue weighted by Gasteiger charge is 2.07. The van der Waals surface area contributed by atoms with E-state index in [9.17, 15) is 4.79 Å². The number of aromatic nitrogens is 1. The van der Waals surface area contributed by atoms with Gasteiger partial charge in [0, 0.05) is 17.8 Å². The Kier molecular flexibility index (Phi) is 4.15. The fourth-order valence-corrected chi connectivity index (χ4v) is 1.61. The van der Waals surface area contributed by atoms with Gasteiger partial charge >= 0.3 is 6.03 Å². The van der Waals surface area contributed by atoms with Gasteiger partial charge in [-0.3, -0.25) is 5.32 Å². The third-order valence-electron chi connectivity index (χ3n) is 2.76. The Hall–Kier alpha value is -2.34. The van der Waals surface area contributed by atoms with Crippen LogP contribution in [0, 0.1) is 0 Å². The van der Waals surface area contributed by atoms with Crippen LogP contribution in [0.15, 0.2) is 41.1 Å². The molecule has 6 nitrogen and oxygen atoms in total. The van der Waals surface area contributed by atoms with Gasteiger partial charge in [-0.25, -0.2) is 4.79 Å². The molecular formula is C13H16N4O2. The highest BCUT2D eigenvalue weighted by Crippen LogP contribution is 2.17. The molecule has 0 saturated heterocycles. The second-order valence-corrected chi connectivity index (χ2v) is 4.10. The number of anilines is 2. The van der Waals surface area contributed by atoms with Gasteiger partial charge in [-0.15, -0.1) is 0 Å². The molecule has 2 aromatic rings. The average molecular weight is 260 g/mol. The number of nitrogens with one attached hydrogen (secondary N) is 3. The zero-order valence-electron chi connectivity index (χ0n) is 10.8. The first kappa shape index (κ1) is 13.1. The predicted molar refractivity (Wildman–Crippen MR) is 73.1 cm³/mol. The number of benzene rings is 1. The molecule has 0 fully saturated rings. The van der Waals surface area contributed by atoms with Gasteiger partial charge in [0.05, 0.1) is 0 Å². The minimum absolute atomic E-state index is 0.223. The first-order valence-corrected chi connectivity index (χ1v) is 5.94. The van der Waals surface area contributed by atoms with E-state index in [1.807, 2.05) is 31.3 Å². The standard InChI is InChI=1S/C13H16N4O2/c1-9(14-2)10-4-3-5-11(8-10)15-13(18)16-12-6-7-19-17-12/h3-9,14H,1-2H3,(H2,15,16,17,18). The summed E-state index contributed by atoms with van der Waals surface area (Å²) in [5.41, 5.74) is 1.82. The minimum Gasteiger partial charge on any atom is -0.363 e. The maximum absolute atomic E-state index is 11.7. The smallest absolute Gasteiger partial charge is 0.324 e. The Balaban J connectivity index is 2.00. The summed E-state index contributed by atoms with van der Waals surface area (Å²) in [6.45, 7) is 2.05. The molecule has 19 heavy (non-hydrogen) atoms. The zero-order chi connectivity index (χ0) is 13.7. The zero-order valence-corrected chi connectivity index (χ0v) is 10.8. The summed E-state index contributed by atoms with van der Waals surface area (Å²) >= 11 is 0. The molecule has 0 bridgehead atoms. The Morgan fingerprint density at radius 3 is 2.84 bits per heavy atom. The van der Waals surface area contributed by atoms with Crippen molar-refractivity contribution in [1.29, 1.82) is 0 Å². The highest BCUT2D eigenvalue weighted by atomic mass is 16.5. The third-order valence-corrected chi connectivity index (χ3v) is 2.76. The van der Waals surface area contributed by atoms with Crippen LogP contribution in [0.1, 0.15) is 18.5 Å². The van der Waals surface area contributed by atoms with Crippen LogP contribution in [0.3, 0.4) is 0 Å². The number of carbonyl (C=O) groups excluding carboxylic acids is 1. The lowest BCUT2D eigenvalue weighted by Gasteiger charge is -2.12. The SMILES string of the molecule is CNC(C)c1cccc(NC(=O)Nc2ccon2)c1. The van der Waals surface area contributed by atoms with Crippen LogP contribution in [0.4, 0.5) is 16.3 Å². The number of amides is 2. The second kappa shape index (κ2) is 6.01. The van der Waals surface area contributed by atoms with E-state index in [-0.39, 0.29) is 12.1 Å². The van der Waals surface area contributed by atoms with Gasteiger partial charge in [-0.05, 0) is 31.7 Å². The van der Waals surface area contributed by atoms with Crippen LogP contribution in [0.5, 0.6) is 0 Å². The summed E-state index contributed by atoms with van der Waals surface area (Å²) in [6.07, 6.45) is 1.39. The summed E-state index contributed by atoms with van der Waals surface area (Å²) in [5, 5.41) is 12.0. The molecule has 3 N–H and O–H groups in total. The first-order valence-electron chi connectivity index (χ1n) is 5.94. The number of rotatable bonds is 4. The lowest BCUT2D eigenvalue weighted by atomic mass is 10.1. The Labute approximate surface area is 111 Å². The van der Waals surface area contributed by atoms with Gasteiger partial charge in [-0.2, -0.15) is 0 Å². The minimum atomic E-state index is -0.358. The van der Waals surface area contributed by atoms with Crippen molar-refractivity contribution in [2.75, 3.05) is 17.7 Å². The van der Waals surface area contributed by atoms with Crippen molar-refractivity contribution in [2.24, 2.45) is 0 Å². The maximum atomic E-state index is 11.7. The molecule has 1 atom stereocenters. The van der Waals surface area contributed by atoms with E-state index in [0.717, 1.165) is 11.3 Å². The lowest BCUT2D eigenvalue weighted by molar-refractivity contribution is 0.262. The van der Waals surface area contributed by atoms with Gasteiger partial charge < -0.3 is 15.2 Å². The molecule has 0 saturated carbocycles. The molecule has 1 aromatic carbocycles. The molecule has 0 radical (unpaired) electrons. The van der Waals surface area contributed by atoms with Gasteiger partial charge in [0.25, 0.3) is 0 Å². The number of hydrogen-bond acceptors (Lipinski definition) is 4. The lowest BCUT2D eigenvalue weighted by Crippen LogP contribution is -2.20. The number of carbonyl (C=O) groups is 1. The normalized spacial score (nSPS) is 11.9. The molecule has 0 aliphatic heterocycles. The summed E-state index contributed by atoms with van der Waals surface area (Å²) in [5.74, 6) is 0.372. The molecular weight excluding hydrogens is 244 g/mol. The van der Waals surface area contributed by atoms with Crippen molar-refractivity contribution >= 4 is 17.5 Å². The Bertz CT molecular complexity index is 539. The van der Waals surface area contributed by atoms with E-state index in [0.29, 0.717) is 5.82 Å². The van der Waals surface area contributed by atoms with E-state index in [4.69, 9.17) is 0 Å². The third kappa shape index (κ3) is 3.56. The quantitative estimate of drug-likeness (QED) is 0.789. The number of hydrogen-bond donors (Lipinski definition) is 3. The largest absolute Gasteiger partial charge is 0.363 e. The maximum Gasteiger partial charge on any atom is 0.324 e. The van der Waals surface area contributed by atoms with Crippen molar-refractivity contribution in [2.45, 2.75) is 13.0 Å². The monoisotopic (exact) mass is 260 g/mol. The van der Waals surface area contributed by atoms with Crippen LogP contribution in [-0.2, 0) is 0 Å². The molecule has 0 aliphatic carbocycles. The van der Waals surface area contributed by atoms with Crippen molar-refractivity contribution in [3.05, 3.63) is 42.2 Å². The Morgan fingerprint density at radius 1 is 1.32 bits per heavy atom. The molecule has 2 amide bonds. The summed E-state index contributed by atoms with van der Waals surface area (Å²) in [6, 6.07) is 9.08. The fourth-order valence-electron chi connectivity index (χ4n) is 1.61. The van der Waals surface area contributed by atoms with Gasteiger partial charge in [-0.1, -0.05) is 17.3 Å². The average Bonchev–Trinajstić information content (AvgIpc) is 2.90. The van der Waals surface area contributed by atoms with E-state index in [1.165, 1.54) is 6.26 Å². The molecule has 0 spiro atoms. The van der Waals surface area contributed by atoms with Crippen LogP contribution in [0.2, 0.25) is 0 Å². The van der Waals surface area contributed by atoms with E-state index in [1.54, 1.807) is 6.07 Å². The Morgan fingerprint density at radius 2 is 2.16 bits per heavy atom. The predicted octanol–water partition coefficient (Wildman–Crippen LogP) is 2.60. The van der Waals surface area contributed by atoms with Crippen molar-refractivity contribution in [3.63, 3.8) is 0 Å². The van der Waals surface area contributed by atoms with Gasteiger partial charge in [0.2, 0.25) is 0 Å². The van der Waals surface area contributed by atoms with Gasteiger partial charge in [0.1, 0.15) is 6.26 Å². The second-order valence-electron chi connectivity index (χ2n) is 4.10. The van der Waals surface area contributed by atoms with E-state index >= 15 is 0 Å². The topological polar surface area (TPSA) is 79.2 Å². The molecule has 2 rings (SSSR count). The molecule has 1 unspecified atom stereocenters. The van der Waals surface area contributed by atoms with E-state index in [2.05, 4.69) is 32.6 Å². The van der Waals surface area contributed by atoms with Crippen molar-refractivity contribution < 1.29 is 9.32 Å². The molecule has 0 aliphatic rings. The van der Waals surface area contributed by atoms with Crippen molar-refractivity contribution in [3.8, 4) is 0 Å².